The third-order valence-corrected chi connectivity index (χ3v) is 5.28. The minimum Gasteiger partial charge on any atom is -0.369 e. The summed E-state index contributed by atoms with van der Waals surface area (Å²) in [7, 11) is 0. The Bertz CT molecular complexity index is 860. The van der Waals surface area contributed by atoms with Gasteiger partial charge in [-0.05, 0) is 43.6 Å². The lowest BCUT2D eigenvalue weighted by molar-refractivity contribution is -0.117. The van der Waals surface area contributed by atoms with Gasteiger partial charge < -0.3 is 15.5 Å². The van der Waals surface area contributed by atoms with Gasteiger partial charge in [0.1, 0.15) is 17.5 Å². The van der Waals surface area contributed by atoms with Gasteiger partial charge in [-0.25, -0.2) is 4.98 Å². The molecule has 0 radical (unpaired) electrons. The van der Waals surface area contributed by atoms with Crippen LogP contribution in [-0.2, 0) is 16.0 Å². The Morgan fingerprint density at radius 2 is 2.07 bits per heavy atom. The van der Waals surface area contributed by atoms with Gasteiger partial charge in [0.15, 0.2) is 0 Å². The smallest absolute Gasteiger partial charge is 0.259 e. The fourth-order valence-corrected chi connectivity index (χ4v) is 3.52. The van der Waals surface area contributed by atoms with Crippen molar-refractivity contribution in [3.63, 3.8) is 0 Å². The molecule has 3 N–H and O–H groups in total. The van der Waals surface area contributed by atoms with E-state index in [9.17, 15) is 14.4 Å². The zero-order chi connectivity index (χ0) is 19.6. The van der Waals surface area contributed by atoms with Crippen molar-refractivity contribution in [3.8, 4) is 6.07 Å². The van der Waals surface area contributed by atoms with Gasteiger partial charge in [0.25, 0.3) is 5.56 Å². The second kappa shape index (κ2) is 10.6. The number of carbonyl (C=O) groups excluding carboxylic acids is 2. The first kappa shape index (κ1) is 20.8. The average molecular weight is 388 g/mol. The van der Waals surface area contributed by atoms with E-state index in [0.29, 0.717) is 0 Å². The summed E-state index contributed by atoms with van der Waals surface area (Å²) in [5.74, 6) is 1.21. The Kier molecular flexibility index (Phi) is 8.14. The number of H-pyrrole nitrogens is 1. The average Bonchev–Trinajstić information content (AvgIpc) is 3.54. The number of hydrogen-bond donors (Lipinski definition) is 2. The maximum Gasteiger partial charge on any atom is 0.259 e. The topological polar surface area (TPSA) is 130 Å². The third kappa shape index (κ3) is 8.13. The predicted molar refractivity (Wildman–Crippen MR) is 104 cm³/mol. The molecule has 2 aromatic heterocycles. The van der Waals surface area contributed by atoms with Gasteiger partial charge in [0.2, 0.25) is 5.91 Å². The van der Waals surface area contributed by atoms with Crippen molar-refractivity contribution in [2.75, 3.05) is 0 Å². The third-order valence-electron chi connectivity index (χ3n) is 4.22. The molecule has 2 aliphatic carbocycles. The lowest BCUT2D eigenvalue weighted by Crippen LogP contribution is -2.07. The van der Waals surface area contributed by atoms with Crippen LogP contribution in [0.3, 0.4) is 0 Å². The number of aldehydes is 1. The quantitative estimate of drug-likeness (QED) is 0.735. The molecule has 1 amide bonds. The highest BCUT2D eigenvalue weighted by Gasteiger charge is 2.22. The van der Waals surface area contributed by atoms with Crippen LogP contribution in [-0.4, -0.2) is 22.2 Å². The van der Waals surface area contributed by atoms with Crippen molar-refractivity contribution < 1.29 is 9.59 Å². The van der Waals surface area contributed by atoms with E-state index in [1.54, 1.807) is 17.4 Å². The fourth-order valence-electron chi connectivity index (χ4n) is 2.41. The number of nitrogens with zero attached hydrogens (tertiary/aromatic N) is 2. The maximum absolute atomic E-state index is 11.4. The molecular formula is C19H24N4O3S. The number of aromatic amines is 1. The number of aromatic nitrogens is 2. The van der Waals surface area contributed by atoms with Gasteiger partial charge in [-0.1, -0.05) is 12.8 Å². The van der Waals surface area contributed by atoms with Crippen molar-refractivity contribution >= 4 is 33.7 Å². The molecule has 0 spiro atoms. The van der Waals surface area contributed by atoms with Crippen molar-refractivity contribution in [2.45, 2.75) is 51.4 Å². The van der Waals surface area contributed by atoms with Crippen LogP contribution in [0.5, 0.6) is 0 Å². The van der Waals surface area contributed by atoms with Crippen LogP contribution in [0.25, 0.3) is 10.2 Å². The molecule has 27 heavy (non-hydrogen) atoms. The van der Waals surface area contributed by atoms with Crippen LogP contribution in [0.2, 0.25) is 0 Å². The lowest BCUT2D eigenvalue weighted by atomic mass is 10.2. The summed E-state index contributed by atoms with van der Waals surface area (Å²) in [6.45, 7) is 0. The van der Waals surface area contributed by atoms with Crippen molar-refractivity contribution in [3.05, 3.63) is 27.6 Å². The monoisotopic (exact) mass is 388 g/mol. The second-order valence-corrected chi connectivity index (χ2v) is 7.91. The SMILES string of the molecule is N#CCC(N)=O.O=CCCC1CC1.O=c1[nH]cnc2sc(CC3CC3)cc12. The number of rotatable bonds is 6. The number of carbonyl (C=O) groups is 2. The van der Waals surface area contributed by atoms with Crippen molar-refractivity contribution in [1.29, 1.82) is 5.26 Å². The minimum absolute atomic E-state index is 0.0201. The standard InChI is InChI=1S/C10H10N2OS.C6H10O.C3H4N2O/c13-9-8-4-7(3-6-1-2-6)14-10(8)12-5-11-9;7-5-1-2-6-3-4-6;4-2-1-3(5)6/h4-6H,1-3H2,(H,11,12,13);5-6H,1-4H2;1H2,(H2,5,6). The van der Waals surface area contributed by atoms with Crippen LogP contribution in [0.15, 0.2) is 17.2 Å². The van der Waals surface area contributed by atoms with Crippen LogP contribution < -0.4 is 11.3 Å². The first-order chi connectivity index (χ1) is 13.0. The van der Waals surface area contributed by atoms with E-state index in [2.05, 4.69) is 15.7 Å². The number of amides is 1. The Balaban J connectivity index is 0.000000170. The number of nitrogens with one attached hydrogen (secondary N) is 1. The minimum atomic E-state index is -0.572. The molecule has 144 valence electrons. The summed E-state index contributed by atoms with van der Waals surface area (Å²) < 4.78 is 0. The Hall–Kier alpha value is -2.53. The molecular weight excluding hydrogens is 364 g/mol. The molecule has 7 nitrogen and oxygen atoms in total. The zero-order valence-corrected chi connectivity index (χ0v) is 16.0. The van der Waals surface area contributed by atoms with Gasteiger partial charge in [-0.3, -0.25) is 9.59 Å². The summed E-state index contributed by atoms with van der Waals surface area (Å²) in [5.41, 5.74) is 4.52. The van der Waals surface area contributed by atoms with E-state index in [1.807, 2.05) is 6.07 Å². The van der Waals surface area contributed by atoms with Crippen LogP contribution in [0.4, 0.5) is 0 Å². The highest BCUT2D eigenvalue weighted by molar-refractivity contribution is 7.18. The van der Waals surface area contributed by atoms with Gasteiger partial charge in [0.05, 0.1) is 17.8 Å². The van der Waals surface area contributed by atoms with E-state index in [1.165, 1.54) is 36.9 Å². The van der Waals surface area contributed by atoms with Crippen molar-refractivity contribution in [2.24, 2.45) is 17.6 Å². The fraction of sp³-hybridized carbons (Fsp3) is 0.526. The van der Waals surface area contributed by atoms with Gasteiger partial charge in [0, 0.05) is 11.3 Å². The maximum atomic E-state index is 11.4. The zero-order valence-electron chi connectivity index (χ0n) is 15.1. The molecule has 0 unspecified atom stereocenters. The molecule has 0 aromatic carbocycles. The number of fused-ring (bicyclic) bond motifs is 1. The van der Waals surface area contributed by atoms with E-state index < -0.39 is 5.91 Å². The van der Waals surface area contributed by atoms with E-state index in [4.69, 9.17) is 5.26 Å². The predicted octanol–water partition coefficient (Wildman–Crippen LogP) is 2.70. The largest absolute Gasteiger partial charge is 0.369 e. The number of primary amides is 1. The number of thiophene rings is 1. The summed E-state index contributed by atoms with van der Waals surface area (Å²) in [6, 6.07) is 3.58. The molecule has 0 atom stereocenters. The summed E-state index contributed by atoms with van der Waals surface area (Å²) in [5, 5.41) is 8.43. The van der Waals surface area contributed by atoms with Gasteiger partial charge in [-0.15, -0.1) is 11.3 Å². The Labute approximate surface area is 161 Å². The lowest BCUT2D eigenvalue weighted by Gasteiger charge is -1.88. The number of hydrogen-bond acceptors (Lipinski definition) is 6. The molecule has 4 rings (SSSR count). The molecule has 8 heteroatoms. The van der Waals surface area contributed by atoms with E-state index in [0.717, 1.165) is 47.6 Å². The molecule has 0 aliphatic heterocycles. The molecule has 2 heterocycles. The van der Waals surface area contributed by atoms with E-state index in [-0.39, 0.29) is 12.0 Å². The summed E-state index contributed by atoms with van der Waals surface area (Å²) >= 11 is 1.65. The summed E-state index contributed by atoms with van der Waals surface area (Å²) in [4.78, 5) is 39.7. The normalized spacial score (nSPS) is 14.9. The first-order valence-electron chi connectivity index (χ1n) is 9.08. The van der Waals surface area contributed by atoms with Crippen LogP contribution in [0.1, 0.15) is 49.8 Å². The van der Waals surface area contributed by atoms with Crippen LogP contribution >= 0.6 is 11.3 Å². The molecule has 2 saturated carbocycles. The number of nitriles is 1. The second-order valence-electron chi connectivity index (χ2n) is 6.80. The highest BCUT2D eigenvalue weighted by atomic mass is 32.1. The van der Waals surface area contributed by atoms with Gasteiger partial charge >= 0.3 is 0 Å². The van der Waals surface area contributed by atoms with Gasteiger partial charge in [-0.2, -0.15) is 5.26 Å². The van der Waals surface area contributed by atoms with E-state index >= 15 is 0 Å². The summed E-state index contributed by atoms with van der Waals surface area (Å²) in [6.07, 6.45) is 10.8. The Morgan fingerprint density at radius 3 is 2.56 bits per heavy atom. The molecule has 2 aromatic rings. The molecule has 0 saturated heterocycles. The molecule has 2 fully saturated rings. The highest BCUT2D eigenvalue weighted by Crippen LogP contribution is 2.35. The van der Waals surface area contributed by atoms with Crippen molar-refractivity contribution in [1.82, 2.24) is 9.97 Å². The number of nitrogens with two attached hydrogens (primary N) is 1. The molecule has 2 aliphatic rings. The first-order valence-corrected chi connectivity index (χ1v) is 9.90. The Morgan fingerprint density at radius 1 is 1.37 bits per heavy atom. The van der Waals surface area contributed by atoms with Crippen LogP contribution in [0, 0.1) is 23.2 Å². The molecule has 0 bridgehead atoms.